The lowest BCUT2D eigenvalue weighted by Gasteiger charge is -2.20. The first-order valence-electron chi connectivity index (χ1n) is 6.69. The standard InChI is InChI=1S/C12H19ClN6O/c1-7(2)8(9(14)20)15-11-16-10(13)17-12(18-11)19-5-3-4-6-19/h7-8H,3-6H2,1-2H3,(H2,14,20)(H,15,16,17,18). The van der Waals surface area contributed by atoms with E-state index >= 15 is 0 Å². The number of aromatic nitrogens is 3. The van der Waals surface area contributed by atoms with Crippen LogP contribution in [0.2, 0.25) is 5.28 Å². The van der Waals surface area contributed by atoms with Crippen molar-refractivity contribution in [3.05, 3.63) is 5.28 Å². The van der Waals surface area contributed by atoms with Crippen molar-refractivity contribution in [2.45, 2.75) is 32.7 Å². The van der Waals surface area contributed by atoms with Crippen LogP contribution < -0.4 is 16.0 Å². The first-order valence-corrected chi connectivity index (χ1v) is 7.07. The zero-order valence-electron chi connectivity index (χ0n) is 11.6. The highest BCUT2D eigenvalue weighted by Crippen LogP contribution is 2.19. The van der Waals surface area contributed by atoms with E-state index in [1.807, 2.05) is 18.7 Å². The van der Waals surface area contributed by atoms with Gasteiger partial charge in [0, 0.05) is 13.1 Å². The van der Waals surface area contributed by atoms with Crippen LogP contribution in [0.3, 0.4) is 0 Å². The van der Waals surface area contributed by atoms with Gasteiger partial charge in [-0.3, -0.25) is 4.79 Å². The monoisotopic (exact) mass is 298 g/mol. The van der Waals surface area contributed by atoms with Gasteiger partial charge in [-0.2, -0.15) is 15.0 Å². The summed E-state index contributed by atoms with van der Waals surface area (Å²) >= 11 is 5.93. The van der Waals surface area contributed by atoms with E-state index in [1.54, 1.807) is 0 Å². The van der Waals surface area contributed by atoms with Gasteiger partial charge >= 0.3 is 0 Å². The topological polar surface area (TPSA) is 97.0 Å². The van der Waals surface area contributed by atoms with Gasteiger partial charge in [0.1, 0.15) is 6.04 Å². The molecule has 2 rings (SSSR count). The lowest BCUT2D eigenvalue weighted by atomic mass is 10.0. The fourth-order valence-electron chi connectivity index (χ4n) is 2.17. The van der Waals surface area contributed by atoms with Gasteiger partial charge in [-0.1, -0.05) is 13.8 Å². The SMILES string of the molecule is CC(C)C(Nc1nc(Cl)nc(N2CCCC2)n1)C(N)=O. The van der Waals surface area contributed by atoms with E-state index in [0.29, 0.717) is 5.95 Å². The minimum absolute atomic E-state index is 0.0262. The van der Waals surface area contributed by atoms with Crippen LogP contribution in [0.5, 0.6) is 0 Å². The Morgan fingerprint density at radius 1 is 1.30 bits per heavy atom. The van der Waals surface area contributed by atoms with Gasteiger partial charge in [0.25, 0.3) is 0 Å². The predicted octanol–water partition coefficient (Wildman–Crippen LogP) is 1.05. The van der Waals surface area contributed by atoms with Crippen LogP contribution in [0.25, 0.3) is 0 Å². The molecular formula is C12H19ClN6O. The number of carbonyl (C=O) groups is 1. The molecule has 1 atom stereocenters. The number of amides is 1. The summed E-state index contributed by atoms with van der Waals surface area (Å²) in [6.07, 6.45) is 2.23. The van der Waals surface area contributed by atoms with Gasteiger partial charge in [0.15, 0.2) is 0 Å². The molecule has 1 aliphatic rings. The summed E-state index contributed by atoms with van der Waals surface area (Å²) in [6, 6.07) is -0.542. The summed E-state index contributed by atoms with van der Waals surface area (Å²) in [5.74, 6) is 0.402. The number of halogens is 1. The Bertz CT molecular complexity index is 489. The molecule has 1 aliphatic heterocycles. The number of nitrogens with two attached hydrogens (primary N) is 1. The molecule has 0 aliphatic carbocycles. The lowest BCUT2D eigenvalue weighted by Crippen LogP contribution is -2.40. The molecule has 3 N–H and O–H groups in total. The van der Waals surface area contributed by atoms with E-state index in [0.717, 1.165) is 25.9 Å². The second-order valence-corrected chi connectivity index (χ2v) is 5.53. The Morgan fingerprint density at radius 3 is 2.50 bits per heavy atom. The van der Waals surface area contributed by atoms with E-state index in [9.17, 15) is 4.79 Å². The first kappa shape index (κ1) is 14.8. The fraction of sp³-hybridized carbons (Fsp3) is 0.667. The molecule has 8 heteroatoms. The Labute approximate surface area is 122 Å². The van der Waals surface area contributed by atoms with Crippen LogP contribution in [0, 0.1) is 5.92 Å². The van der Waals surface area contributed by atoms with Crippen LogP contribution in [-0.2, 0) is 4.79 Å². The molecule has 1 aromatic heterocycles. The zero-order chi connectivity index (χ0) is 14.7. The Hall–Kier alpha value is -1.63. The highest BCUT2D eigenvalue weighted by Gasteiger charge is 2.22. The minimum Gasteiger partial charge on any atom is -0.368 e. The normalized spacial score (nSPS) is 16.5. The number of carbonyl (C=O) groups excluding carboxylic acids is 1. The van der Waals surface area contributed by atoms with Crippen LogP contribution in [0.15, 0.2) is 0 Å². The van der Waals surface area contributed by atoms with Gasteiger partial charge in [-0.25, -0.2) is 0 Å². The van der Waals surface area contributed by atoms with E-state index in [-0.39, 0.29) is 17.1 Å². The Balaban J connectivity index is 2.20. The molecule has 20 heavy (non-hydrogen) atoms. The molecule has 1 saturated heterocycles. The molecule has 0 bridgehead atoms. The zero-order valence-corrected chi connectivity index (χ0v) is 12.4. The maximum atomic E-state index is 11.4. The maximum absolute atomic E-state index is 11.4. The summed E-state index contributed by atoms with van der Waals surface area (Å²) in [4.78, 5) is 25.9. The number of nitrogens with one attached hydrogen (secondary N) is 1. The van der Waals surface area contributed by atoms with Crippen molar-refractivity contribution in [2.75, 3.05) is 23.3 Å². The summed E-state index contributed by atoms with van der Waals surface area (Å²) in [7, 11) is 0. The molecule has 1 fully saturated rings. The molecule has 0 spiro atoms. The van der Waals surface area contributed by atoms with Gasteiger partial charge in [0.05, 0.1) is 0 Å². The number of primary amides is 1. The number of anilines is 2. The highest BCUT2D eigenvalue weighted by atomic mass is 35.5. The smallest absolute Gasteiger partial charge is 0.240 e. The van der Waals surface area contributed by atoms with Crippen LogP contribution in [0.4, 0.5) is 11.9 Å². The van der Waals surface area contributed by atoms with Crippen molar-refractivity contribution in [3.63, 3.8) is 0 Å². The average molecular weight is 299 g/mol. The lowest BCUT2D eigenvalue weighted by molar-refractivity contribution is -0.119. The molecule has 1 unspecified atom stereocenters. The average Bonchev–Trinajstić information content (AvgIpc) is 2.88. The number of hydrogen-bond acceptors (Lipinski definition) is 6. The quantitative estimate of drug-likeness (QED) is 0.843. The third-order valence-electron chi connectivity index (χ3n) is 3.24. The third kappa shape index (κ3) is 3.47. The van der Waals surface area contributed by atoms with Gasteiger partial charge < -0.3 is 16.0 Å². The Kier molecular flexibility index (Phi) is 4.59. The van der Waals surface area contributed by atoms with Crippen molar-refractivity contribution in [1.29, 1.82) is 0 Å². The van der Waals surface area contributed by atoms with Crippen LogP contribution in [-0.4, -0.2) is 40.0 Å². The summed E-state index contributed by atoms with van der Waals surface area (Å²) in [5.41, 5.74) is 5.37. The largest absolute Gasteiger partial charge is 0.368 e. The summed E-state index contributed by atoms with van der Waals surface area (Å²) in [6.45, 7) is 5.60. The molecule has 0 radical (unpaired) electrons. The van der Waals surface area contributed by atoms with Crippen molar-refractivity contribution < 1.29 is 4.79 Å². The predicted molar refractivity (Wildman–Crippen MR) is 77.7 cm³/mol. The van der Waals surface area contributed by atoms with Crippen LogP contribution >= 0.6 is 11.6 Å². The highest BCUT2D eigenvalue weighted by molar-refractivity contribution is 6.28. The molecule has 7 nitrogen and oxygen atoms in total. The molecule has 110 valence electrons. The minimum atomic E-state index is -0.542. The van der Waals surface area contributed by atoms with E-state index in [1.165, 1.54) is 0 Å². The Morgan fingerprint density at radius 2 is 1.95 bits per heavy atom. The molecule has 1 aromatic rings. The van der Waals surface area contributed by atoms with Crippen molar-refractivity contribution in [3.8, 4) is 0 Å². The number of nitrogens with zero attached hydrogens (tertiary/aromatic N) is 4. The van der Waals surface area contributed by atoms with Crippen LogP contribution in [0.1, 0.15) is 26.7 Å². The summed E-state index contributed by atoms with van der Waals surface area (Å²) in [5, 5.41) is 3.04. The first-order chi connectivity index (χ1) is 9.47. The summed E-state index contributed by atoms with van der Waals surface area (Å²) < 4.78 is 0. The van der Waals surface area contributed by atoms with E-state index in [2.05, 4.69) is 20.3 Å². The van der Waals surface area contributed by atoms with E-state index in [4.69, 9.17) is 17.3 Å². The third-order valence-corrected chi connectivity index (χ3v) is 3.41. The van der Waals surface area contributed by atoms with Crippen molar-refractivity contribution in [2.24, 2.45) is 11.7 Å². The molecule has 1 amide bonds. The molecule has 2 heterocycles. The second kappa shape index (κ2) is 6.21. The molecular weight excluding hydrogens is 280 g/mol. The molecule has 0 saturated carbocycles. The van der Waals surface area contributed by atoms with Crippen molar-refractivity contribution >= 4 is 29.4 Å². The van der Waals surface area contributed by atoms with E-state index < -0.39 is 11.9 Å². The fourth-order valence-corrected chi connectivity index (χ4v) is 2.32. The van der Waals surface area contributed by atoms with Gasteiger partial charge in [-0.05, 0) is 30.4 Å². The number of hydrogen-bond donors (Lipinski definition) is 2. The second-order valence-electron chi connectivity index (χ2n) is 5.19. The van der Waals surface area contributed by atoms with Gasteiger partial charge in [0.2, 0.25) is 23.1 Å². The number of rotatable bonds is 5. The van der Waals surface area contributed by atoms with Crippen molar-refractivity contribution in [1.82, 2.24) is 15.0 Å². The molecule has 0 aromatic carbocycles. The van der Waals surface area contributed by atoms with Gasteiger partial charge in [-0.15, -0.1) is 0 Å². The maximum Gasteiger partial charge on any atom is 0.240 e.